The van der Waals surface area contributed by atoms with Gasteiger partial charge in [-0.25, -0.2) is 13.1 Å². The molecule has 24 heavy (non-hydrogen) atoms. The summed E-state index contributed by atoms with van der Waals surface area (Å²) in [5, 5.41) is 14.5. The van der Waals surface area contributed by atoms with Crippen LogP contribution in [0.4, 0.5) is 0 Å². The van der Waals surface area contributed by atoms with E-state index in [0.717, 1.165) is 5.56 Å². The molecule has 0 saturated heterocycles. The van der Waals surface area contributed by atoms with Crippen molar-refractivity contribution in [2.45, 2.75) is 25.2 Å². The smallest absolute Gasteiger partial charge is 0.247 e. The van der Waals surface area contributed by atoms with E-state index in [4.69, 9.17) is 4.42 Å². The third-order valence-corrected chi connectivity index (χ3v) is 5.17. The summed E-state index contributed by atoms with van der Waals surface area (Å²) < 4.78 is 32.7. The van der Waals surface area contributed by atoms with Crippen LogP contribution in [0.2, 0.25) is 0 Å². The molecular formula is C15H17N5O3S. The number of hydrogen-bond donors (Lipinski definition) is 2. The highest BCUT2D eigenvalue weighted by molar-refractivity contribution is 7.89. The highest BCUT2D eigenvalue weighted by Crippen LogP contribution is 2.18. The third-order valence-electron chi connectivity index (χ3n) is 3.45. The van der Waals surface area contributed by atoms with E-state index in [9.17, 15) is 8.42 Å². The first-order chi connectivity index (χ1) is 11.5. The first kappa shape index (κ1) is 16.3. The van der Waals surface area contributed by atoms with Gasteiger partial charge in [0.2, 0.25) is 21.8 Å². The standard InChI is InChI=1S/C15H17N5O3S/c1-10-14(11(2)18-17-10)24(21,22)16-9-8-13-19-20-15(23-13)12-6-4-3-5-7-12/h3-7,16H,8-9H2,1-2H3,(H,17,18). The molecule has 2 heterocycles. The minimum Gasteiger partial charge on any atom is -0.421 e. The number of rotatable bonds is 6. The van der Waals surface area contributed by atoms with Gasteiger partial charge in [-0.3, -0.25) is 5.10 Å². The number of hydrogen-bond acceptors (Lipinski definition) is 6. The van der Waals surface area contributed by atoms with Gasteiger partial charge < -0.3 is 4.42 Å². The number of aromatic amines is 1. The third kappa shape index (κ3) is 3.36. The molecule has 0 aliphatic heterocycles. The molecule has 126 valence electrons. The molecule has 0 bridgehead atoms. The lowest BCUT2D eigenvalue weighted by molar-refractivity contribution is 0.502. The first-order valence-electron chi connectivity index (χ1n) is 7.36. The fourth-order valence-electron chi connectivity index (χ4n) is 2.35. The fourth-order valence-corrected chi connectivity index (χ4v) is 3.75. The summed E-state index contributed by atoms with van der Waals surface area (Å²) in [6.45, 7) is 3.46. The minimum absolute atomic E-state index is 0.156. The maximum absolute atomic E-state index is 12.3. The van der Waals surface area contributed by atoms with Gasteiger partial charge in [-0.05, 0) is 26.0 Å². The Morgan fingerprint density at radius 2 is 1.92 bits per heavy atom. The SMILES string of the molecule is Cc1n[nH]c(C)c1S(=O)(=O)NCCc1nnc(-c2ccccc2)o1. The zero-order chi connectivity index (χ0) is 17.2. The van der Waals surface area contributed by atoms with Gasteiger partial charge >= 0.3 is 0 Å². The molecule has 1 aromatic carbocycles. The number of benzene rings is 1. The van der Waals surface area contributed by atoms with Gasteiger partial charge in [-0.1, -0.05) is 18.2 Å². The molecule has 0 fully saturated rings. The van der Waals surface area contributed by atoms with Crippen LogP contribution in [0, 0.1) is 13.8 Å². The van der Waals surface area contributed by atoms with Crippen LogP contribution in [0.15, 0.2) is 39.6 Å². The molecule has 9 heteroatoms. The molecule has 0 unspecified atom stereocenters. The van der Waals surface area contributed by atoms with Gasteiger partial charge in [0, 0.05) is 18.5 Å². The van der Waals surface area contributed by atoms with Crippen LogP contribution in [-0.2, 0) is 16.4 Å². The molecule has 0 aliphatic carbocycles. The number of aromatic nitrogens is 4. The molecule has 3 rings (SSSR count). The lowest BCUT2D eigenvalue weighted by Crippen LogP contribution is -2.27. The molecular weight excluding hydrogens is 330 g/mol. The van der Waals surface area contributed by atoms with Gasteiger partial charge in [0.15, 0.2) is 0 Å². The summed E-state index contributed by atoms with van der Waals surface area (Å²) in [5.74, 6) is 0.784. The van der Waals surface area contributed by atoms with Crippen LogP contribution in [0.3, 0.4) is 0 Å². The van der Waals surface area contributed by atoms with E-state index in [-0.39, 0.29) is 11.4 Å². The molecule has 2 N–H and O–H groups in total. The summed E-state index contributed by atoms with van der Waals surface area (Å²) >= 11 is 0. The van der Waals surface area contributed by atoms with E-state index in [1.807, 2.05) is 30.3 Å². The summed E-state index contributed by atoms with van der Waals surface area (Å²) in [7, 11) is -3.63. The van der Waals surface area contributed by atoms with Gasteiger partial charge in [-0.2, -0.15) is 5.10 Å². The lowest BCUT2D eigenvalue weighted by atomic mass is 10.2. The number of sulfonamides is 1. The average Bonchev–Trinajstić information content (AvgIpc) is 3.15. The largest absolute Gasteiger partial charge is 0.421 e. The number of aryl methyl sites for hydroxylation is 2. The normalized spacial score (nSPS) is 11.8. The molecule has 0 radical (unpaired) electrons. The van der Waals surface area contributed by atoms with E-state index < -0.39 is 10.0 Å². The highest BCUT2D eigenvalue weighted by Gasteiger charge is 2.22. The maximum Gasteiger partial charge on any atom is 0.247 e. The fraction of sp³-hybridized carbons (Fsp3) is 0.267. The monoisotopic (exact) mass is 347 g/mol. The Balaban J connectivity index is 1.64. The van der Waals surface area contributed by atoms with Crippen molar-refractivity contribution in [2.75, 3.05) is 6.54 Å². The van der Waals surface area contributed by atoms with Crippen molar-refractivity contribution in [3.63, 3.8) is 0 Å². The van der Waals surface area contributed by atoms with Gasteiger partial charge in [0.05, 0.1) is 11.4 Å². The summed E-state index contributed by atoms with van der Waals surface area (Å²) in [5.41, 5.74) is 1.76. The maximum atomic E-state index is 12.3. The molecule has 3 aromatic rings. The molecule has 0 spiro atoms. The Hall–Kier alpha value is -2.52. The van der Waals surface area contributed by atoms with Crippen molar-refractivity contribution >= 4 is 10.0 Å². The van der Waals surface area contributed by atoms with Crippen molar-refractivity contribution in [1.82, 2.24) is 25.1 Å². The molecule has 8 nitrogen and oxygen atoms in total. The quantitative estimate of drug-likeness (QED) is 0.700. The lowest BCUT2D eigenvalue weighted by Gasteiger charge is -2.05. The van der Waals surface area contributed by atoms with Crippen LogP contribution >= 0.6 is 0 Å². The van der Waals surface area contributed by atoms with Crippen molar-refractivity contribution in [3.05, 3.63) is 47.6 Å². The van der Waals surface area contributed by atoms with Crippen molar-refractivity contribution < 1.29 is 12.8 Å². The number of nitrogens with one attached hydrogen (secondary N) is 2. The van der Waals surface area contributed by atoms with Crippen LogP contribution in [0.25, 0.3) is 11.5 Å². The topological polar surface area (TPSA) is 114 Å². The van der Waals surface area contributed by atoms with E-state index in [0.29, 0.717) is 29.6 Å². The molecule has 0 saturated carbocycles. The Kier molecular flexibility index (Phi) is 4.45. The van der Waals surface area contributed by atoms with Crippen LogP contribution < -0.4 is 4.72 Å². The van der Waals surface area contributed by atoms with E-state index >= 15 is 0 Å². The van der Waals surface area contributed by atoms with Crippen molar-refractivity contribution in [2.24, 2.45) is 0 Å². The second-order valence-electron chi connectivity index (χ2n) is 5.28. The van der Waals surface area contributed by atoms with E-state index in [2.05, 4.69) is 25.1 Å². The summed E-state index contributed by atoms with van der Waals surface area (Å²) in [6.07, 6.45) is 0.301. The Morgan fingerprint density at radius 1 is 1.17 bits per heavy atom. The number of nitrogens with zero attached hydrogens (tertiary/aromatic N) is 3. The number of H-pyrrole nitrogens is 1. The van der Waals surface area contributed by atoms with Gasteiger partial charge in [-0.15, -0.1) is 10.2 Å². The second kappa shape index (κ2) is 6.54. The minimum atomic E-state index is -3.63. The summed E-state index contributed by atoms with van der Waals surface area (Å²) in [6, 6.07) is 9.39. The highest BCUT2D eigenvalue weighted by atomic mass is 32.2. The molecule has 0 atom stereocenters. The summed E-state index contributed by atoms with van der Waals surface area (Å²) in [4.78, 5) is 0.179. The van der Waals surface area contributed by atoms with E-state index in [1.165, 1.54) is 0 Å². The Labute approximate surface area is 139 Å². The van der Waals surface area contributed by atoms with Crippen molar-refractivity contribution in [1.29, 1.82) is 0 Å². The first-order valence-corrected chi connectivity index (χ1v) is 8.85. The predicted octanol–water partition coefficient (Wildman–Crippen LogP) is 1.60. The average molecular weight is 347 g/mol. The van der Waals surface area contributed by atoms with Gasteiger partial charge in [0.1, 0.15) is 4.90 Å². The Morgan fingerprint density at radius 3 is 2.58 bits per heavy atom. The zero-order valence-corrected chi connectivity index (χ0v) is 14.1. The second-order valence-corrected chi connectivity index (χ2v) is 6.98. The molecule has 2 aromatic heterocycles. The van der Waals surface area contributed by atoms with Gasteiger partial charge in [0.25, 0.3) is 0 Å². The van der Waals surface area contributed by atoms with Crippen LogP contribution in [0.5, 0.6) is 0 Å². The molecule has 0 amide bonds. The van der Waals surface area contributed by atoms with Crippen LogP contribution in [0.1, 0.15) is 17.3 Å². The van der Waals surface area contributed by atoms with Crippen molar-refractivity contribution in [3.8, 4) is 11.5 Å². The van der Waals surface area contributed by atoms with Crippen LogP contribution in [-0.4, -0.2) is 35.4 Å². The van der Waals surface area contributed by atoms with E-state index in [1.54, 1.807) is 13.8 Å². The molecule has 0 aliphatic rings. The Bertz CT molecular complexity index is 912. The predicted molar refractivity (Wildman–Crippen MR) is 86.7 cm³/mol. The zero-order valence-electron chi connectivity index (χ0n) is 13.3.